The van der Waals surface area contributed by atoms with Crippen LogP contribution in [0.25, 0.3) is 0 Å². The van der Waals surface area contributed by atoms with Gasteiger partial charge in [-0.25, -0.2) is 0 Å². The predicted molar refractivity (Wildman–Crippen MR) is 93.4 cm³/mol. The maximum atomic E-state index is 6.50. The first-order valence-electron chi connectivity index (χ1n) is 7.98. The number of nitrogens with two attached hydrogens (primary N) is 1. The number of benzene rings is 1. The van der Waals surface area contributed by atoms with E-state index in [0.717, 1.165) is 24.0 Å². The fourth-order valence-electron chi connectivity index (χ4n) is 3.37. The van der Waals surface area contributed by atoms with Crippen LogP contribution in [0.2, 0.25) is 0 Å². The second-order valence-electron chi connectivity index (χ2n) is 6.27. The van der Waals surface area contributed by atoms with E-state index in [1.54, 1.807) is 0 Å². The molecular weight excluding hydrogens is 326 g/mol. The molecule has 1 aliphatic heterocycles. The van der Waals surface area contributed by atoms with Gasteiger partial charge in [-0.15, -0.1) is 0 Å². The summed E-state index contributed by atoms with van der Waals surface area (Å²) in [6, 6.07) is 9.70. The van der Waals surface area contributed by atoms with Crippen molar-refractivity contribution in [2.45, 2.75) is 44.8 Å². The van der Waals surface area contributed by atoms with Gasteiger partial charge >= 0.3 is 0 Å². The molecule has 2 N–H and O–H groups in total. The van der Waals surface area contributed by atoms with E-state index in [-0.39, 0.29) is 6.04 Å². The van der Waals surface area contributed by atoms with Crippen LogP contribution in [0.1, 0.15) is 38.3 Å². The van der Waals surface area contributed by atoms with Crippen molar-refractivity contribution in [1.82, 2.24) is 9.80 Å². The molecule has 1 saturated heterocycles. The molecule has 1 heterocycles. The van der Waals surface area contributed by atoms with E-state index in [0.29, 0.717) is 12.1 Å². The lowest BCUT2D eigenvalue weighted by Gasteiger charge is -2.39. The minimum atomic E-state index is 0.178. The van der Waals surface area contributed by atoms with Gasteiger partial charge in [0, 0.05) is 29.6 Å². The molecule has 3 nitrogen and oxygen atoms in total. The first kappa shape index (κ1) is 16.9. The Morgan fingerprint density at radius 1 is 1.29 bits per heavy atom. The van der Waals surface area contributed by atoms with Gasteiger partial charge in [-0.05, 0) is 51.1 Å². The molecule has 3 atom stereocenters. The van der Waals surface area contributed by atoms with E-state index >= 15 is 0 Å². The minimum Gasteiger partial charge on any atom is -0.326 e. The molecular formula is C17H28BrN3. The number of nitrogens with zero attached hydrogens (tertiary/aromatic N) is 2. The topological polar surface area (TPSA) is 32.5 Å². The average molecular weight is 354 g/mol. The Balaban J connectivity index is 2.28. The second-order valence-corrected chi connectivity index (χ2v) is 7.19. The van der Waals surface area contributed by atoms with E-state index < -0.39 is 0 Å². The maximum Gasteiger partial charge on any atom is 0.0502 e. The summed E-state index contributed by atoms with van der Waals surface area (Å²) in [5, 5.41) is 0. The minimum absolute atomic E-state index is 0.178. The normalized spacial score (nSPS) is 24.5. The molecule has 1 aliphatic rings. The van der Waals surface area contributed by atoms with Crippen LogP contribution in [0.5, 0.6) is 0 Å². The highest BCUT2D eigenvalue weighted by atomic mass is 79.9. The van der Waals surface area contributed by atoms with E-state index in [2.05, 4.69) is 70.9 Å². The maximum absolute atomic E-state index is 6.50. The second kappa shape index (κ2) is 7.73. The summed E-state index contributed by atoms with van der Waals surface area (Å²) in [6.45, 7) is 7.93. The van der Waals surface area contributed by atoms with Crippen LogP contribution in [0.3, 0.4) is 0 Å². The lowest BCUT2D eigenvalue weighted by Crippen LogP contribution is -2.47. The first-order valence-corrected chi connectivity index (χ1v) is 8.77. The van der Waals surface area contributed by atoms with Crippen molar-refractivity contribution in [3.63, 3.8) is 0 Å². The zero-order valence-corrected chi connectivity index (χ0v) is 15.0. The van der Waals surface area contributed by atoms with Gasteiger partial charge in [-0.1, -0.05) is 35.0 Å². The van der Waals surface area contributed by atoms with E-state index in [9.17, 15) is 0 Å². The van der Waals surface area contributed by atoms with Gasteiger partial charge in [0.25, 0.3) is 0 Å². The quantitative estimate of drug-likeness (QED) is 0.901. The number of hydrogen-bond acceptors (Lipinski definition) is 3. The highest BCUT2D eigenvalue weighted by Crippen LogP contribution is 2.29. The van der Waals surface area contributed by atoms with Crippen molar-refractivity contribution < 1.29 is 0 Å². The third-order valence-corrected chi connectivity index (χ3v) is 5.07. The molecule has 4 heteroatoms. The molecule has 118 valence electrons. The van der Waals surface area contributed by atoms with Crippen molar-refractivity contribution in [1.29, 1.82) is 0 Å². The zero-order chi connectivity index (χ0) is 15.4. The summed E-state index contributed by atoms with van der Waals surface area (Å²) >= 11 is 3.53. The van der Waals surface area contributed by atoms with Crippen molar-refractivity contribution in [2.75, 3.05) is 26.7 Å². The third-order valence-electron chi connectivity index (χ3n) is 4.54. The van der Waals surface area contributed by atoms with Crippen LogP contribution >= 0.6 is 15.9 Å². The van der Waals surface area contributed by atoms with Crippen LogP contribution in [-0.4, -0.2) is 48.6 Å². The molecule has 0 radical (unpaired) electrons. The molecule has 0 spiro atoms. The van der Waals surface area contributed by atoms with E-state index in [4.69, 9.17) is 5.73 Å². The van der Waals surface area contributed by atoms with Crippen LogP contribution in [-0.2, 0) is 0 Å². The molecule has 3 unspecified atom stereocenters. The number of hydrogen-bond donors (Lipinski definition) is 1. The Morgan fingerprint density at radius 3 is 2.57 bits per heavy atom. The average Bonchev–Trinajstić information content (AvgIpc) is 2.62. The summed E-state index contributed by atoms with van der Waals surface area (Å²) in [5.74, 6) is 0. The SMILES string of the molecule is CCC(N)C(c1ccc(Br)cc1)N1CCCN(C)CC1C. The zero-order valence-electron chi connectivity index (χ0n) is 13.4. The number of halogens is 1. The lowest BCUT2D eigenvalue weighted by molar-refractivity contribution is 0.122. The van der Waals surface area contributed by atoms with Crippen LogP contribution in [0, 0.1) is 0 Å². The van der Waals surface area contributed by atoms with Crippen LogP contribution < -0.4 is 5.73 Å². The molecule has 0 aliphatic carbocycles. The van der Waals surface area contributed by atoms with Crippen molar-refractivity contribution in [3.05, 3.63) is 34.3 Å². The van der Waals surface area contributed by atoms with E-state index in [1.807, 2.05) is 0 Å². The number of rotatable bonds is 4. The fourth-order valence-corrected chi connectivity index (χ4v) is 3.64. The smallest absolute Gasteiger partial charge is 0.0502 e. The molecule has 1 aromatic rings. The fraction of sp³-hybridized carbons (Fsp3) is 0.647. The molecule has 1 aromatic carbocycles. The highest BCUT2D eigenvalue weighted by Gasteiger charge is 2.30. The Bertz CT molecular complexity index is 434. The molecule has 0 bridgehead atoms. The summed E-state index contributed by atoms with van der Waals surface area (Å²) < 4.78 is 1.12. The molecule has 1 fully saturated rings. The van der Waals surface area contributed by atoms with Gasteiger partial charge in [0.1, 0.15) is 0 Å². The van der Waals surface area contributed by atoms with Crippen molar-refractivity contribution in [2.24, 2.45) is 5.73 Å². The Labute approximate surface area is 137 Å². The van der Waals surface area contributed by atoms with Gasteiger partial charge in [0.05, 0.1) is 6.04 Å². The molecule has 0 aromatic heterocycles. The Hall–Kier alpha value is -0.420. The van der Waals surface area contributed by atoms with Crippen LogP contribution in [0.4, 0.5) is 0 Å². The summed E-state index contributed by atoms with van der Waals surface area (Å²) in [5.41, 5.74) is 7.84. The van der Waals surface area contributed by atoms with Gasteiger partial charge in [-0.3, -0.25) is 4.90 Å². The predicted octanol–water partition coefficient (Wildman–Crippen LogP) is 3.25. The van der Waals surface area contributed by atoms with Gasteiger partial charge in [-0.2, -0.15) is 0 Å². The standard InChI is InChI=1S/C17H28BrN3/c1-4-16(19)17(14-6-8-15(18)9-7-14)21-11-5-10-20(3)12-13(21)2/h6-9,13,16-17H,4-5,10-12,19H2,1-3H3. The molecule has 2 rings (SSSR count). The number of likely N-dealkylation sites (N-methyl/N-ethyl adjacent to an activating group) is 1. The summed E-state index contributed by atoms with van der Waals surface area (Å²) in [4.78, 5) is 5.04. The molecule has 0 saturated carbocycles. The monoisotopic (exact) mass is 353 g/mol. The van der Waals surface area contributed by atoms with E-state index in [1.165, 1.54) is 18.5 Å². The van der Waals surface area contributed by atoms with Gasteiger partial charge < -0.3 is 10.6 Å². The van der Waals surface area contributed by atoms with Crippen molar-refractivity contribution >= 4 is 15.9 Å². The van der Waals surface area contributed by atoms with Crippen molar-refractivity contribution in [3.8, 4) is 0 Å². The largest absolute Gasteiger partial charge is 0.326 e. The van der Waals surface area contributed by atoms with Crippen LogP contribution in [0.15, 0.2) is 28.7 Å². The Kier molecular flexibility index (Phi) is 6.23. The van der Waals surface area contributed by atoms with Gasteiger partial charge in [0.15, 0.2) is 0 Å². The Morgan fingerprint density at radius 2 is 1.95 bits per heavy atom. The third kappa shape index (κ3) is 4.28. The first-order chi connectivity index (χ1) is 10.0. The highest BCUT2D eigenvalue weighted by molar-refractivity contribution is 9.10. The van der Waals surface area contributed by atoms with Gasteiger partial charge in [0.2, 0.25) is 0 Å². The lowest BCUT2D eigenvalue weighted by atomic mass is 9.95. The molecule has 0 amide bonds. The molecule has 21 heavy (non-hydrogen) atoms. The summed E-state index contributed by atoms with van der Waals surface area (Å²) in [7, 11) is 2.22. The summed E-state index contributed by atoms with van der Waals surface area (Å²) in [6.07, 6.45) is 2.21.